The van der Waals surface area contributed by atoms with E-state index in [0.717, 1.165) is 11.1 Å². The normalized spacial score (nSPS) is 18.6. The molecule has 1 unspecified atom stereocenters. The zero-order valence-corrected chi connectivity index (χ0v) is 9.15. The van der Waals surface area contributed by atoms with Gasteiger partial charge in [0.05, 0.1) is 12.7 Å². The summed E-state index contributed by atoms with van der Waals surface area (Å²) < 4.78 is 9.60. The van der Waals surface area contributed by atoms with E-state index >= 15 is 0 Å². The minimum absolute atomic E-state index is 0.384. The molecule has 0 N–H and O–H groups in total. The van der Waals surface area contributed by atoms with Gasteiger partial charge in [-0.1, -0.05) is 18.2 Å². The van der Waals surface area contributed by atoms with Crippen molar-refractivity contribution >= 4 is 11.9 Å². The molecule has 0 radical (unpaired) electrons. The van der Waals surface area contributed by atoms with E-state index in [1.54, 1.807) is 0 Å². The Bertz CT molecular complexity index is 450. The molecule has 1 aliphatic heterocycles. The van der Waals surface area contributed by atoms with Crippen molar-refractivity contribution in [1.29, 1.82) is 0 Å². The van der Waals surface area contributed by atoms with Crippen LogP contribution in [-0.4, -0.2) is 25.2 Å². The standard InChI is InChI=1S/C12H12O4/c1-7-4-3-5-8-6-9(11(13)15-2)16-12(14)10(7)8/h3-5,9H,6H2,1-2H3. The second-order valence-electron chi connectivity index (χ2n) is 3.73. The number of esters is 2. The SMILES string of the molecule is COC(=O)C1Cc2cccc(C)c2C(=O)O1. The van der Waals surface area contributed by atoms with Gasteiger partial charge in [-0.2, -0.15) is 0 Å². The maximum Gasteiger partial charge on any atom is 0.347 e. The number of aryl methyl sites for hydroxylation is 1. The van der Waals surface area contributed by atoms with Gasteiger partial charge in [-0.05, 0) is 18.1 Å². The summed E-state index contributed by atoms with van der Waals surface area (Å²) in [5, 5.41) is 0. The number of carbonyl (C=O) groups excluding carboxylic acids is 2. The zero-order chi connectivity index (χ0) is 11.7. The fourth-order valence-electron chi connectivity index (χ4n) is 1.88. The van der Waals surface area contributed by atoms with Crippen LogP contribution >= 0.6 is 0 Å². The smallest absolute Gasteiger partial charge is 0.347 e. The molecule has 4 nitrogen and oxygen atoms in total. The maximum atomic E-state index is 11.7. The number of fused-ring (bicyclic) bond motifs is 1. The highest BCUT2D eigenvalue weighted by Gasteiger charge is 2.32. The van der Waals surface area contributed by atoms with Crippen LogP contribution < -0.4 is 0 Å². The fraction of sp³-hybridized carbons (Fsp3) is 0.333. The lowest BCUT2D eigenvalue weighted by Crippen LogP contribution is -2.35. The maximum absolute atomic E-state index is 11.7. The summed E-state index contributed by atoms with van der Waals surface area (Å²) in [6, 6.07) is 5.54. The molecule has 1 aromatic rings. The molecule has 1 atom stereocenters. The third kappa shape index (κ3) is 1.66. The molecule has 4 heteroatoms. The monoisotopic (exact) mass is 220 g/mol. The summed E-state index contributed by atoms with van der Waals surface area (Å²) in [6.07, 6.45) is -0.429. The molecular weight excluding hydrogens is 208 g/mol. The van der Waals surface area contributed by atoms with E-state index in [1.807, 2.05) is 25.1 Å². The highest BCUT2D eigenvalue weighted by Crippen LogP contribution is 2.23. The predicted molar refractivity (Wildman–Crippen MR) is 56.1 cm³/mol. The van der Waals surface area contributed by atoms with Crippen LogP contribution in [0.25, 0.3) is 0 Å². The van der Waals surface area contributed by atoms with E-state index in [4.69, 9.17) is 4.74 Å². The van der Waals surface area contributed by atoms with Crippen molar-refractivity contribution in [1.82, 2.24) is 0 Å². The van der Waals surface area contributed by atoms with Crippen LogP contribution in [0.3, 0.4) is 0 Å². The van der Waals surface area contributed by atoms with Gasteiger partial charge in [0.15, 0.2) is 0 Å². The number of carbonyl (C=O) groups is 2. The van der Waals surface area contributed by atoms with Crippen LogP contribution in [0.4, 0.5) is 0 Å². The first-order chi connectivity index (χ1) is 7.63. The molecule has 0 spiro atoms. The first-order valence-electron chi connectivity index (χ1n) is 5.00. The average molecular weight is 220 g/mol. The molecule has 0 saturated carbocycles. The van der Waals surface area contributed by atoms with Crippen molar-refractivity contribution in [2.45, 2.75) is 19.4 Å². The van der Waals surface area contributed by atoms with E-state index in [2.05, 4.69) is 4.74 Å². The lowest BCUT2D eigenvalue weighted by Gasteiger charge is -2.23. The molecule has 0 fully saturated rings. The van der Waals surface area contributed by atoms with Crippen LogP contribution in [0.15, 0.2) is 18.2 Å². The zero-order valence-electron chi connectivity index (χ0n) is 9.15. The molecule has 1 aliphatic rings. The number of methoxy groups -OCH3 is 1. The van der Waals surface area contributed by atoms with Gasteiger partial charge < -0.3 is 9.47 Å². The summed E-state index contributed by atoms with van der Waals surface area (Å²) in [5.74, 6) is -0.963. The number of ether oxygens (including phenoxy) is 2. The minimum Gasteiger partial charge on any atom is -0.466 e. The van der Waals surface area contributed by atoms with Crippen molar-refractivity contribution in [2.24, 2.45) is 0 Å². The van der Waals surface area contributed by atoms with Gasteiger partial charge >= 0.3 is 11.9 Å². The molecule has 1 aromatic carbocycles. The summed E-state index contributed by atoms with van der Waals surface area (Å²) in [7, 11) is 1.28. The Morgan fingerprint density at radius 1 is 1.50 bits per heavy atom. The van der Waals surface area contributed by atoms with Gasteiger partial charge in [-0.25, -0.2) is 9.59 Å². The molecule has 0 saturated heterocycles. The van der Waals surface area contributed by atoms with Crippen LogP contribution in [0, 0.1) is 6.92 Å². The Balaban J connectivity index is 2.37. The Morgan fingerprint density at radius 3 is 2.94 bits per heavy atom. The third-order valence-corrected chi connectivity index (χ3v) is 2.68. The highest BCUT2D eigenvalue weighted by atomic mass is 16.6. The Kier molecular flexibility index (Phi) is 2.64. The lowest BCUT2D eigenvalue weighted by atomic mass is 9.95. The van der Waals surface area contributed by atoms with E-state index in [9.17, 15) is 9.59 Å². The quantitative estimate of drug-likeness (QED) is 0.668. The predicted octanol–water partition coefficient (Wildman–Crippen LogP) is 1.25. The van der Waals surface area contributed by atoms with E-state index in [0.29, 0.717) is 12.0 Å². The molecule has 0 bridgehead atoms. The highest BCUT2D eigenvalue weighted by molar-refractivity contribution is 5.96. The van der Waals surface area contributed by atoms with Gasteiger partial charge in [0.2, 0.25) is 6.10 Å². The van der Waals surface area contributed by atoms with Crippen molar-refractivity contribution in [3.05, 3.63) is 34.9 Å². The molecule has 1 heterocycles. The van der Waals surface area contributed by atoms with Crippen molar-refractivity contribution < 1.29 is 19.1 Å². The minimum atomic E-state index is -0.813. The van der Waals surface area contributed by atoms with E-state index in [-0.39, 0.29) is 0 Å². The van der Waals surface area contributed by atoms with Gasteiger partial charge in [0.1, 0.15) is 0 Å². The second kappa shape index (κ2) is 3.96. The number of hydrogen-bond acceptors (Lipinski definition) is 4. The Labute approximate surface area is 93.2 Å². The van der Waals surface area contributed by atoms with Gasteiger partial charge in [-0.15, -0.1) is 0 Å². The largest absolute Gasteiger partial charge is 0.466 e. The molecule has 0 aliphatic carbocycles. The van der Waals surface area contributed by atoms with E-state index in [1.165, 1.54) is 7.11 Å². The Hall–Kier alpha value is -1.84. The number of benzene rings is 1. The van der Waals surface area contributed by atoms with Crippen LogP contribution in [0.2, 0.25) is 0 Å². The average Bonchev–Trinajstić information content (AvgIpc) is 2.27. The first kappa shape index (κ1) is 10.7. The number of rotatable bonds is 1. The third-order valence-electron chi connectivity index (χ3n) is 2.68. The van der Waals surface area contributed by atoms with Crippen molar-refractivity contribution in [3.63, 3.8) is 0 Å². The van der Waals surface area contributed by atoms with Crippen LogP contribution in [0.1, 0.15) is 21.5 Å². The molecule has 84 valence electrons. The van der Waals surface area contributed by atoms with Gasteiger partial charge in [0.25, 0.3) is 0 Å². The second-order valence-corrected chi connectivity index (χ2v) is 3.73. The molecule has 2 rings (SSSR count). The molecular formula is C12H12O4. The first-order valence-corrected chi connectivity index (χ1v) is 5.00. The summed E-state index contributed by atoms with van der Waals surface area (Å²) in [6.45, 7) is 1.85. The summed E-state index contributed by atoms with van der Waals surface area (Å²) >= 11 is 0. The van der Waals surface area contributed by atoms with E-state index < -0.39 is 18.0 Å². The lowest BCUT2D eigenvalue weighted by molar-refractivity contribution is -0.151. The van der Waals surface area contributed by atoms with Crippen molar-refractivity contribution in [3.8, 4) is 0 Å². The summed E-state index contributed by atoms with van der Waals surface area (Å²) in [5.41, 5.74) is 2.28. The Morgan fingerprint density at radius 2 is 2.25 bits per heavy atom. The van der Waals surface area contributed by atoms with Crippen LogP contribution in [0.5, 0.6) is 0 Å². The topological polar surface area (TPSA) is 52.6 Å². The van der Waals surface area contributed by atoms with Crippen LogP contribution in [-0.2, 0) is 20.7 Å². The molecule has 0 amide bonds. The number of hydrogen-bond donors (Lipinski definition) is 0. The fourth-order valence-corrected chi connectivity index (χ4v) is 1.88. The van der Waals surface area contributed by atoms with Crippen molar-refractivity contribution in [2.75, 3.05) is 7.11 Å². The molecule has 16 heavy (non-hydrogen) atoms. The van der Waals surface area contributed by atoms with Gasteiger partial charge in [0, 0.05) is 6.42 Å². The molecule has 0 aromatic heterocycles. The number of cyclic esters (lactones) is 1. The van der Waals surface area contributed by atoms with Gasteiger partial charge in [-0.3, -0.25) is 0 Å². The summed E-state index contributed by atoms with van der Waals surface area (Å²) in [4.78, 5) is 23.0.